The number of carbonyl (C=O) groups is 1. The van der Waals surface area contributed by atoms with Crippen LogP contribution >= 0.6 is 0 Å². The van der Waals surface area contributed by atoms with Crippen molar-refractivity contribution in [3.63, 3.8) is 0 Å². The van der Waals surface area contributed by atoms with Crippen LogP contribution < -0.4 is 5.32 Å². The van der Waals surface area contributed by atoms with E-state index in [1.54, 1.807) is 0 Å². The number of carboxylic acid groups (broad SMARTS) is 1. The number of aromatic nitrogens is 4. The summed E-state index contributed by atoms with van der Waals surface area (Å²) in [6, 6.07) is 4.30. The van der Waals surface area contributed by atoms with Gasteiger partial charge in [0, 0.05) is 25.9 Å². The molecule has 0 unspecified atom stereocenters. The third kappa shape index (κ3) is 11.2. The fourth-order valence-corrected chi connectivity index (χ4v) is 4.32. The molecule has 0 radical (unpaired) electrons. The Morgan fingerprint density at radius 1 is 1.21 bits per heavy atom. The van der Waals surface area contributed by atoms with Crippen molar-refractivity contribution < 1.29 is 24.6 Å². The van der Waals surface area contributed by atoms with Crippen LogP contribution in [-0.4, -0.2) is 81.0 Å². The van der Waals surface area contributed by atoms with Crippen molar-refractivity contribution in [2.45, 2.75) is 46.5 Å². The van der Waals surface area contributed by atoms with Crippen LogP contribution in [0.2, 0.25) is 0 Å². The molecule has 0 aliphatic carbocycles. The Hall–Kier alpha value is -3.92. The van der Waals surface area contributed by atoms with Gasteiger partial charge in [0.05, 0.1) is 22.3 Å². The summed E-state index contributed by atoms with van der Waals surface area (Å²) < 4.78 is 0. The second kappa shape index (κ2) is 17.6. The standard InChI is InChI=1S/C23H32N6.C3H4O2.CO2.CH4O/c1-15-12-16(2)21-20(13-15)27-22(28-21)19-14-25-23(26-17(19)3)24-9-5-6-18-7-10-29(4)11-8-18;1-2-3(4)5;2-1-3;1-2/h12-14,18H,5-11H2,1-4H3,(H,27,28)(H,24,25,26);2H,1H2,(H,4,5);;2H,1H3. The summed E-state index contributed by atoms with van der Waals surface area (Å²) in [6.45, 7) is 12.6. The van der Waals surface area contributed by atoms with Crippen LogP contribution in [0.1, 0.15) is 42.5 Å². The van der Waals surface area contributed by atoms with Crippen molar-refractivity contribution in [1.29, 1.82) is 0 Å². The summed E-state index contributed by atoms with van der Waals surface area (Å²) in [7, 11) is 3.22. The Kier molecular flexibility index (Phi) is 14.9. The average Bonchev–Trinajstić information content (AvgIpc) is 3.34. The number of piperidine rings is 1. The number of aliphatic carboxylic acids is 1. The van der Waals surface area contributed by atoms with Crippen LogP contribution in [0, 0.1) is 26.7 Å². The zero-order chi connectivity index (χ0) is 29.4. The van der Waals surface area contributed by atoms with E-state index in [1.165, 1.54) is 49.9 Å². The highest BCUT2D eigenvalue weighted by Crippen LogP contribution is 2.25. The lowest BCUT2D eigenvalue weighted by Crippen LogP contribution is -2.30. The van der Waals surface area contributed by atoms with Crippen LogP contribution in [0.25, 0.3) is 22.4 Å². The summed E-state index contributed by atoms with van der Waals surface area (Å²) in [6.07, 6.45) is 8.08. The number of aromatic amines is 1. The molecule has 0 spiro atoms. The number of H-pyrrole nitrogens is 1. The number of carbonyl (C=O) groups excluding carboxylic acids is 2. The third-order valence-electron chi connectivity index (χ3n) is 6.24. The van der Waals surface area contributed by atoms with Crippen LogP contribution in [0.4, 0.5) is 5.95 Å². The van der Waals surface area contributed by atoms with E-state index in [4.69, 9.17) is 24.8 Å². The Morgan fingerprint density at radius 2 is 1.82 bits per heavy atom. The molecule has 1 saturated heterocycles. The first-order chi connectivity index (χ1) is 18.7. The van der Waals surface area contributed by atoms with Gasteiger partial charge in [0.2, 0.25) is 5.95 Å². The number of likely N-dealkylation sites (tertiary alicyclic amines) is 1. The predicted molar refractivity (Wildman–Crippen MR) is 150 cm³/mol. The second-order valence-corrected chi connectivity index (χ2v) is 9.20. The maximum Gasteiger partial charge on any atom is 0.373 e. The van der Waals surface area contributed by atoms with Crippen molar-refractivity contribution in [3.8, 4) is 11.4 Å². The number of imidazole rings is 1. The normalized spacial score (nSPS) is 13.0. The largest absolute Gasteiger partial charge is 0.478 e. The Balaban J connectivity index is 0.000000663. The highest BCUT2D eigenvalue weighted by Gasteiger charge is 2.16. The number of carboxylic acids is 1. The minimum Gasteiger partial charge on any atom is -0.478 e. The molecule has 0 saturated carbocycles. The highest BCUT2D eigenvalue weighted by atomic mass is 16.4. The lowest BCUT2D eigenvalue weighted by molar-refractivity contribution is -0.191. The minimum atomic E-state index is -0.981. The second-order valence-electron chi connectivity index (χ2n) is 9.20. The lowest BCUT2D eigenvalue weighted by atomic mass is 9.92. The van der Waals surface area contributed by atoms with Crippen molar-refractivity contribution >= 4 is 29.1 Å². The SMILES string of the molecule is C=CC(=O)O.CO.Cc1cc(C)c2nc(-c3cnc(NCCCC4CCN(C)CC4)nc3C)[nH]c2c1.O=C=O. The van der Waals surface area contributed by atoms with Gasteiger partial charge in [-0.3, -0.25) is 0 Å². The fraction of sp³-hybridized carbons (Fsp3) is 0.464. The zero-order valence-electron chi connectivity index (χ0n) is 23.5. The fourth-order valence-electron chi connectivity index (χ4n) is 4.32. The number of aliphatic hydroxyl groups is 1. The molecule has 1 aromatic carbocycles. The smallest absolute Gasteiger partial charge is 0.373 e. The molecule has 212 valence electrons. The van der Waals surface area contributed by atoms with Gasteiger partial charge in [-0.2, -0.15) is 9.59 Å². The van der Waals surface area contributed by atoms with E-state index in [-0.39, 0.29) is 6.15 Å². The quantitative estimate of drug-likeness (QED) is 0.256. The molecule has 0 atom stereocenters. The van der Waals surface area contributed by atoms with Crippen molar-refractivity contribution in [3.05, 3.63) is 47.8 Å². The summed E-state index contributed by atoms with van der Waals surface area (Å²) in [5.74, 6) is 1.43. The molecule has 1 aliphatic rings. The average molecular weight is 541 g/mol. The number of rotatable bonds is 7. The number of fused-ring (bicyclic) bond motifs is 1. The summed E-state index contributed by atoms with van der Waals surface area (Å²) in [5.41, 5.74) is 6.39. The van der Waals surface area contributed by atoms with Gasteiger partial charge >= 0.3 is 12.1 Å². The molecule has 3 aromatic rings. The van der Waals surface area contributed by atoms with Crippen molar-refractivity contribution in [2.24, 2.45) is 5.92 Å². The maximum absolute atomic E-state index is 9.25. The van der Waals surface area contributed by atoms with E-state index < -0.39 is 5.97 Å². The topological polar surface area (TPSA) is 161 Å². The van der Waals surface area contributed by atoms with Gasteiger partial charge in [0.15, 0.2) is 0 Å². The van der Waals surface area contributed by atoms with Crippen molar-refractivity contribution in [1.82, 2.24) is 24.8 Å². The van der Waals surface area contributed by atoms with Gasteiger partial charge in [-0.15, -0.1) is 0 Å². The van der Waals surface area contributed by atoms with Gasteiger partial charge < -0.3 is 25.4 Å². The first kappa shape index (κ1) is 33.1. The van der Waals surface area contributed by atoms with Crippen molar-refractivity contribution in [2.75, 3.05) is 39.1 Å². The van der Waals surface area contributed by atoms with Crippen LogP contribution in [-0.2, 0) is 14.4 Å². The molecule has 1 aliphatic heterocycles. The number of hydrogen-bond acceptors (Lipinski definition) is 9. The van der Waals surface area contributed by atoms with E-state index in [2.05, 4.69) is 64.8 Å². The lowest BCUT2D eigenvalue weighted by Gasteiger charge is -2.28. The van der Waals surface area contributed by atoms with Gasteiger partial charge in [-0.25, -0.2) is 19.7 Å². The molecular weight excluding hydrogens is 500 g/mol. The third-order valence-corrected chi connectivity index (χ3v) is 6.24. The summed E-state index contributed by atoms with van der Waals surface area (Å²) in [5, 5.41) is 18.0. The molecule has 2 aromatic heterocycles. The van der Waals surface area contributed by atoms with E-state index in [0.717, 1.165) is 53.8 Å². The molecule has 0 bridgehead atoms. The number of nitrogens with zero attached hydrogens (tertiary/aromatic N) is 4. The van der Waals surface area contributed by atoms with Crippen LogP contribution in [0.3, 0.4) is 0 Å². The number of aryl methyl sites for hydroxylation is 3. The predicted octanol–water partition coefficient (Wildman–Crippen LogP) is 3.76. The number of benzene rings is 1. The highest BCUT2D eigenvalue weighted by molar-refractivity contribution is 5.83. The monoisotopic (exact) mass is 540 g/mol. The van der Waals surface area contributed by atoms with Crippen LogP contribution in [0.15, 0.2) is 31.0 Å². The van der Waals surface area contributed by atoms with Gasteiger partial charge in [0.25, 0.3) is 0 Å². The zero-order valence-corrected chi connectivity index (χ0v) is 23.5. The first-order valence-corrected chi connectivity index (χ1v) is 12.7. The molecule has 11 nitrogen and oxygen atoms in total. The number of hydrogen-bond donors (Lipinski definition) is 4. The van der Waals surface area contributed by atoms with Crippen LogP contribution in [0.5, 0.6) is 0 Å². The van der Waals surface area contributed by atoms with Gasteiger partial charge in [-0.1, -0.05) is 12.6 Å². The molecule has 11 heteroatoms. The first-order valence-electron chi connectivity index (χ1n) is 12.7. The molecule has 4 rings (SSSR count). The Labute approximate surface area is 229 Å². The summed E-state index contributed by atoms with van der Waals surface area (Å²) >= 11 is 0. The Bertz CT molecular complexity index is 1230. The molecule has 39 heavy (non-hydrogen) atoms. The number of anilines is 1. The molecule has 3 heterocycles. The van der Waals surface area contributed by atoms with Gasteiger partial charge in [0.1, 0.15) is 5.82 Å². The summed E-state index contributed by atoms with van der Waals surface area (Å²) in [4.78, 5) is 45.3. The molecule has 1 fully saturated rings. The van der Waals surface area contributed by atoms with E-state index in [1.807, 2.05) is 13.1 Å². The number of aliphatic hydroxyl groups excluding tert-OH is 1. The maximum atomic E-state index is 9.25. The van der Waals surface area contributed by atoms with E-state index in [9.17, 15) is 4.79 Å². The minimum absolute atomic E-state index is 0.250. The number of nitrogens with one attached hydrogen (secondary N) is 2. The van der Waals surface area contributed by atoms with Gasteiger partial charge in [-0.05, 0) is 89.7 Å². The molecule has 4 N–H and O–H groups in total. The Morgan fingerprint density at radius 3 is 2.38 bits per heavy atom. The van der Waals surface area contributed by atoms with E-state index in [0.29, 0.717) is 5.95 Å². The molecule has 0 amide bonds. The van der Waals surface area contributed by atoms with E-state index >= 15 is 0 Å². The molecular formula is C28H40N6O5.